The summed E-state index contributed by atoms with van der Waals surface area (Å²) in [4.78, 5) is 27.2. The van der Waals surface area contributed by atoms with Gasteiger partial charge in [-0.2, -0.15) is 0 Å². The first-order valence-corrected chi connectivity index (χ1v) is 9.44. The van der Waals surface area contributed by atoms with Gasteiger partial charge < -0.3 is 9.73 Å². The number of benzene rings is 2. The average Bonchev–Trinajstić information content (AvgIpc) is 3.11. The number of nitro groups is 1. The lowest BCUT2D eigenvalue weighted by atomic mass is 10.1. The summed E-state index contributed by atoms with van der Waals surface area (Å²) >= 11 is 13.3. The molecule has 0 aliphatic carbocycles. The van der Waals surface area contributed by atoms with E-state index in [-0.39, 0.29) is 16.8 Å². The molecule has 0 bridgehead atoms. The molecule has 0 saturated carbocycles. The van der Waals surface area contributed by atoms with Crippen molar-refractivity contribution < 1.29 is 9.34 Å². The van der Waals surface area contributed by atoms with Gasteiger partial charge in [-0.05, 0) is 30.3 Å². The predicted octanol–water partition coefficient (Wildman–Crippen LogP) is 5.88. The molecule has 10 heteroatoms. The Balaban J connectivity index is 1.71. The van der Waals surface area contributed by atoms with Crippen molar-refractivity contribution in [2.45, 2.75) is 0 Å². The summed E-state index contributed by atoms with van der Waals surface area (Å²) in [7, 11) is 0. The zero-order chi connectivity index (χ0) is 19.8. The summed E-state index contributed by atoms with van der Waals surface area (Å²) in [6.07, 6.45) is 0. The van der Waals surface area contributed by atoms with Crippen LogP contribution in [0.1, 0.15) is 0 Å². The number of nitrogens with one attached hydrogen (secondary N) is 1. The molecule has 2 heterocycles. The van der Waals surface area contributed by atoms with Crippen molar-refractivity contribution in [3.8, 4) is 11.3 Å². The van der Waals surface area contributed by atoms with Gasteiger partial charge in [0.1, 0.15) is 5.58 Å². The van der Waals surface area contributed by atoms with Crippen molar-refractivity contribution in [3.05, 3.63) is 78.4 Å². The molecule has 7 nitrogen and oxygen atoms in total. The van der Waals surface area contributed by atoms with E-state index >= 15 is 0 Å². The molecule has 0 saturated heterocycles. The first-order chi connectivity index (χ1) is 13.4. The van der Waals surface area contributed by atoms with Crippen LogP contribution in [0.25, 0.3) is 22.2 Å². The third-order valence-corrected chi connectivity index (χ3v) is 5.18. The molecule has 0 amide bonds. The van der Waals surface area contributed by atoms with Gasteiger partial charge in [0.2, 0.25) is 0 Å². The fraction of sp³-hybridized carbons (Fsp3) is 0. The van der Waals surface area contributed by atoms with Crippen LogP contribution in [0.4, 0.5) is 16.5 Å². The van der Waals surface area contributed by atoms with Gasteiger partial charge in [0.15, 0.2) is 5.13 Å². The lowest BCUT2D eigenvalue weighted by Gasteiger charge is -2.05. The Morgan fingerprint density at radius 3 is 2.71 bits per heavy atom. The molecule has 0 atom stereocenters. The SMILES string of the molecule is O=c1oc2ccc([N+](=O)[O-])cc2cc1-c1csc(Nc2ccc(Cl)cc2Cl)n1. The monoisotopic (exact) mass is 433 g/mol. The van der Waals surface area contributed by atoms with Crippen molar-refractivity contribution in [1.29, 1.82) is 0 Å². The Kier molecular flexibility index (Phi) is 4.76. The molecule has 140 valence electrons. The van der Waals surface area contributed by atoms with Crippen molar-refractivity contribution in [2.75, 3.05) is 5.32 Å². The number of fused-ring (bicyclic) bond motifs is 1. The van der Waals surface area contributed by atoms with Crippen LogP contribution in [0.3, 0.4) is 0 Å². The second kappa shape index (κ2) is 7.23. The first-order valence-electron chi connectivity index (χ1n) is 7.81. The normalized spacial score (nSPS) is 10.9. The molecule has 4 aromatic rings. The second-order valence-electron chi connectivity index (χ2n) is 5.71. The van der Waals surface area contributed by atoms with Crippen LogP contribution in [0.2, 0.25) is 10.0 Å². The van der Waals surface area contributed by atoms with Crippen LogP contribution in [0.15, 0.2) is 57.1 Å². The van der Waals surface area contributed by atoms with Gasteiger partial charge in [-0.15, -0.1) is 11.3 Å². The van der Waals surface area contributed by atoms with E-state index < -0.39 is 10.5 Å². The smallest absolute Gasteiger partial charge is 0.345 e. The van der Waals surface area contributed by atoms with Crippen molar-refractivity contribution >= 4 is 62.0 Å². The molecule has 0 aliphatic rings. The van der Waals surface area contributed by atoms with E-state index in [1.165, 1.54) is 35.6 Å². The number of non-ortho nitro benzene ring substituents is 1. The summed E-state index contributed by atoms with van der Waals surface area (Å²) in [5.74, 6) is 0. The highest BCUT2D eigenvalue weighted by Gasteiger charge is 2.14. The standard InChI is InChI=1S/C18H9Cl2N3O4S/c19-10-1-3-14(13(20)7-10)21-18-22-15(8-28-18)12-6-9-5-11(23(25)26)2-4-16(9)27-17(12)24/h1-8H,(H,21,22). The number of hydrogen-bond acceptors (Lipinski definition) is 7. The maximum absolute atomic E-state index is 12.3. The summed E-state index contributed by atoms with van der Waals surface area (Å²) in [6.45, 7) is 0. The summed E-state index contributed by atoms with van der Waals surface area (Å²) in [5.41, 5.74) is 0.807. The molecule has 28 heavy (non-hydrogen) atoms. The molecule has 0 fully saturated rings. The van der Waals surface area contributed by atoms with Crippen LogP contribution >= 0.6 is 34.5 Å². The zero-order valence-corrected chi connectivity index (χ0v) is 16.1. The minimum atomic E-state index is -0.581. The van der Waals surface area contributed by atoms with Gasteiger partial charge in [0, 0.05) is 27.9 Å². The second-order valence-corrected chi connectivity index (χ2v) is 7.42. The van der Waals surface area contributed by atoms with Gasteiger partial charge in [0.05, 0.1) is 26.9 Å². The predicted molar refractivity (Wildman–Crippen MR) is 110 cm³/mol. The van der Waals surface area contributed by atoms with Crippen molar-refractivity contribution in [2.24, 2.45) is 0 Å². The fourth-order valence-electron chi connectivity index (χ4n) is 2.56. The lowest BCUT2D eigenvalue weighted by molar-refractivity contribution is -0.384. The number of thiazole rings is 1. The van der Waals surface area contributed by atoms with Crippen LogP contribution in [-0.2, 0) is 0 Å². The molecule has 0 radical (unpaired) electrons. The fourth-order valence-corrected chi connectivity index (χ4v) is 3.74. The Morgan fingerprint density at radius 1 is 1.14 bits per heavy atom. The Morgan fingerprint density at radius 2 is 1.96 bits per heavy atom. The van der Waals surface area contributed by atoms with Crippen molar-refractivity contribution in [1.82, 2.24) is 4.98 Å². The number of aromatic nitrogens is 1. The Bertz CT molecular complexity index is 1290. The van der Waals surface area contributed by atoms with Crippen LogP contribution in [-0.4, -0.2) is 9.91 Å². The van der Waals surface area contributed by atoms with E-state index in [1.807, 2.05) is 0 Å². The molecule has 1 N–H and O–H groups in total. The maximum Gasteiger partial charge on any atom is 0.345 e. The third-order valence-electron chi connectivity index (χ3n) is 3.88. The molecular weight excluding hydrogens is 425 g/mol. The van der Waals surface area contributed by atoms with Crippen LogP contribution in [0, 0.1) is 10.1 Å². The summed E-state index contributed by atoms with van der Waals surface area (Å²) in [5, 5.41) is 17.6. The minimum Gasteiger partial charge on any atom is -0.422 e. The average molecular weight is 434 g/mol. The largest absolute Gasteiger partial charge is 0.422 e. The Hall–Kier alpha value is -2.94. The molecule has 4 rings (SSSR count). The molecule has 2 aromatic carbocycles. The highest BCUT2D eigenvalue weighted by molar-refractivity contribution is 7.14. The van der Waals surface area contributed by atoms with Gasteiger partial charge in [-0.3, -0.25) is 10.1 Å². The van der Waals surface area contributed by atoms with Gasteiger partial charge in [-0.1, -0.05) is 23.2 Å². The quantitative estimate of drug-likeness (QED) is 0.245. The van der Waals surface area contributed by atoms with Gasteiger partial charge >= 0.3 is 5.63 Å². The molecule has 0 unspecified atom stereocenters. The van der Waals surface area contributed by atoms with E-state index in [0.717, 1.165) is 0 Å². The van der Waals surface area contributed by atoms with E-state index in [4.69, 9.17) is 27.6 Å². The third kappa shape index (κ3) is 3.57. The maximum atomic E-state index is 12.3. The minimum absolute atomic E-state index is 0.0923. The van der Waals surface area contributed by atoms with Gasteiger partial charge in [0.25, 0.3) is 5.69 Å². The van der Waals surface area contributed by atoms with Crippen LogP contribution in [0.5, 0.6) is 0 Å². The number of nitrogens with zero attached hydrogens (tertiary/aromatic N) is 2. The topological polar surface area (TPSA) is 98.3 Å². The van der Waals surface area contributed by atoms with Crippen molar-refractivity contribution in [3.63, 3.8) is 0 Å². The van der Waals surface area contributed by atoms with E-state index in [1.54, 1.807) is 23.6 Å². The number of anilines is 2. The molecule has 2 aromatic heterocycles. The van der Waals surface area contributed by atoms with E-state index in [9.17, 15) is 14.9 Å². The molecule has 0 aliphatic heterocycles. The van der Waals surface area contributed by atoms with E-state index in [0.29, 0.717) is 31.9 Å². The summed E-state index contributed by atoms with van der Waals surface area (Å²) < 4.78 is 5.27. The number of rotatable bonds is 4. The summed E-state index contributed by atoms with van der Waals surface area (Å²) in [6, 6.07) is 10.6. The highest BCUT2D eigenvalue weighted by Crippen LogP contribution is 2.32. The molecule has 0 spiro atoms. The number of hydrogen-bond donors (Lipinski definition) is 1. The first kappa shape index (κ1) is 18.4. The van der Waals surface area contributed by atoms with E-state index in [2.05, 4.69) is 10.3 Å². The Labute approximate surface area is 171 Å². The number of halogens is 2. The number of nitro benzene ring substituents is 1. The molecular formula is C18H9Cl2N3O4S. The highest BCUT2D eigenvalue weighted by atomic mass is 35.5. The van der Waals surface area contributed by atoms with Crippen LogP contribution < -0.4 is 10.9 Å². The zero-order valence-electron chi connectivity index (χ0n) is 13.8. The lowest BCUT2D eigenvalue weighted by Crippen LogP contribution is -2.03. The van der Waals surface area contributed by atoms with Gasteiger partial charge in [-0.25, -0.2) is 9.78 Å².